The molecule has 1 atom stereocenters. The highest BCUT2D eigenvalue weighted by molar-refractivity contribution is 5.90. The fourth-order valence-electron chi connectivity index (χ4n) is 3.44. The van der Waals surface area contributed by atoms with Gasteiger partial charge in [0.15, 0.2) is 0 Å². The number of carbonyl (C=O) groups excluding carboxylic acids is 3. The highest BCUT2D eigenvalue weighted by Gasteiger charge is 2.32. The van der Waals surface area contributed by atoms with Gasteiger partial charge in [-0.2, -0.15) is 0 Å². The molecule has 1 aliphatic rings. The van der Waals surface area contributed by atoms with Gasteiger partial charge in [-0.25, -0.2) is 4.79 Å². The van der Waals surface area contributed by atoms with E-state index in [1.54, 1.807) is 20.8 Å². The van der Waals surface area contributed by atoms with Crippen molar-refractivity contribution >= 4 is 17.9 Å². The number of nitrogens with zero attached hydrogens (tertiary/aromatic N) is 1. The Hall–Kier alpha value is -3.35. The van der Waals surface area contributed by atoms with Crippen LogP contribution in [0.15, 0.2) is 54.6 Å². The molecule has 2 aromatic rings. The molecule has 7 nitrogen and oxygen atoms in total. The summed E-state index contributed by atoms with van der Waals surface area (Å²) in [5.74, 6) is -0.565. The standard InChI is InChI=1S/C24H29N3O4/c1-24(2,3)31-23(30)26-20-13-18-11-7-8-12-19(18)15-27(22(20)29)16-21(28)25-14-17-9-5-4-6-10-17/h4-12,20H,13-16H2,1-3H3,(H,25,28)(H,26,30)/t20-/m0/s1. The number of hydrogen-bond donors (Lipinski definition) is 2. The first-order valence-corrected chi connectivity index (χ1v) is 10.4. The number of nitrogens with one attached hydrogen (secondary N) is 2. The van der Waals surface area contributed by atoms with Crippen LogP contribution in [0.4, 0.5) is 4.79 Å². The van der Waals surface area contributed by atoms with Crippen LogP contribution in [0.1, 0.15) is 37.5 Å². The van der Waals surface area contributed by atoms with Gasteiger partial charge < -0.3 is 20.3 Å². The number of benzene rings is 2. The van der Waals surface area contributed by atoms with Gasteiger partial charge in [-0.3, -0.25) is 9.59 Å². The fourth-order valence-corrected chi connectivity index (χ4v) is 3.44. The summed E-state index contributed by atoms with van der Waals surface area (Å²) in [6.07, 6.45) is -0.310. The van der Waals surface area contributed by atoms with Crippen LogP contribution >= 0.6 is 0 Å². The Labute approximate surface area is 182 Å². The van der Waals surface area contributed by atoms with Gasteiger partial charge in [0, 0.05) is 19.5 Å². The summed E-state index contributed by atoms with van der Waals surface area (Å²) < 4.78 is 5.32. The SMILES string of the molecule is CC(C)(C)OC(=O)N[C@H]1Cc2ccccc2CN(CC(=O)NCc2ccccc2)C1=O. The van der Waals surface area contributed by atoms with Crippen molar-refractivity contribution in [1.29, 1.82) is 0 Å². The first-order valence-electron chi connectivity index (χ1n) is 10.4. The molecule has 0 unspecified atom stereocenters. The van der Waals surface area contributed by atoms with Crippen LogP contribution in [0.2, 0.25) is 0 Å². The molecule has 0 aromatic heterocycles. The summed E-state index contributed by atoms with van der Waals surface area (Å²) >= 11 is 0. The van der Waals surface area contributed by atoms with Crippen LogP contribution in [-0.2, 0) is 33.8 Å². The molecule has 0 spiro atoms. The van der Waals surface area contributed by atoms with E-state index in [9.17, 15) is 14.4 Å². The van der Waals surface area contributed by atoms with E-state index in [0.717, 1.165) is 16.7 Å². The van der Waals surface area contributed by atoms with Crippen molar-refractivity contribution in [2.75, 3.05) is 6.54 Å². The molecule has 31 heavy (non-hydrogen) atoms. The first-order chi connectivity index (χ1) is 14.7. The maximum atomic E-state index is 13.2. The van der Waals surface area contributed by atoms with Crippen LogP contribution in [-0.4, -0.2) is 41.0 Å². The van der Waals surface area contributed by atoms with Crippen molar-refractivity contribution < 1.29 is 19.1 Å². The third-order valence-corrected chi connectivity index (χ3v) is 4.87. The Morgan fingerprint density at radius 2 is 1.68 bits per heavy atom. The number of ether oxygens (including phenoxy) is 1. The molecule has 1 heterocycles. The Morgan fingerprint density at radius 3 is 2.35 bits per heavy atom. The molecule has 0 aliphatic carbocycles. The number of fused-ring (bicyclic) bond motifs is 1. The monoisotopic (exact) mass is 423 g/mol. The molecule has 0 saturated carbocycles. The van der Waals surface area contributed by atoms with Crippen LogP contribution in [0.25, 0.3) is 0 Å². The summed E-state index contributed by atoms with van der Waals surface area (Å²) in [6.45, 7) is 5.89. The molecule has 1 aliphatic heterocycles. The Morgan fingerprint density at radius 1 is 1.03 bits per heavy atom. The van der Waals surface area contributed by atoms with Crippen molar-refractivity contribution in [1.82, 2.24) is 15.5 Å². The second-order valence-electron chi connectivity index (χ2n) is 8.63. The number of carbonyl (C=O) groups is 3. The number of amides is 3. The van der Waals surface area contributed by atoms with Crippen molar-refractivity contribution in [3.05, 3.63) is 71.3 Å². The summed E-state index contributed by atoms with van der Waals surface area (Å²) in [4.78, 5) is 39.5. The van der Waals surface area contributed by atoms with Gasteiger partial charge in [0.25, 0.3) is 0 Å². The fraction of sp³-hybridized carbons (Fsp3) is 0.375. The molecular weight excluding hydrogens is 394 g/mol. The highest BCUT2D eigenvalue weighted by Crippen LogP contribution is 2.20. The summed E-state index contributed by atoms with van der Waals surface area (Å²) in [7, 11) is 0. The minimum atomic E-state index is -0.805. The van der Waals surface area contributed by atoms with Crippen LogP contribution in [0.3, 0.4) is 0 Å². The molecule has 2 N–H and O–H groups in total. The number of rotatable bonds is 5. The minimum Gasteiger partial charge on any atom is -0.444 e. The molecule has 0 bridgehead atoms. The lowest BCUT2D eigenvalue weighted by molar-refractivity contribution is -0.138. The molecule has 0 saturated heterocycles. The van der Waals surface area contributed by atoms with Crippen molar-refractivity contribution in [2.45, 2.75) is 51.9 Å². The number of hydrogen-bond acceptors (Lipinski definition) is 4. The maximum Gasteiger partial charge on any atom is 0.408 e. The number of alkyl carbamates (subject to hydrolysis) is 1. The van der Waals surface area contributed by atoms with Crippen molar-refractivity contribution in [3.63, 3.8) is 0 Å². The van der Waals surface area contributed by atoms with Crippen LogP contribution < -0.4 is 10.6 Å². The van der Waals surface area contributed by atoms with E-state index in [4.69, 9.17) is 4.74 Å². The highest BCUT2D eigenvalue weighted by atomic mass is 16.6. The topological polar surface area (TPSA) is 87.7 Å². The second-order valence-corrected chi connectivity index (χ2v) is 8.63. The Balaban J connectivity index is 1.71. The largest absolute Gasteiger partial charge is 0.444 e. The average Bonchev–Trinajstić information content (AvgIpc) is 2.83. The van der Waals surface area contributed by atoms with E-state index in [1.807, 2.05) is 54.6 Å². The molecule has 7 heteroatoms. The van der Waals surface area contributed by atoms with E-state index in [-0.39, 0.29) is 18.4 Å². The van der Waals surface area contributed by atoms with E-state index >= 15 is 0 Å². The van der Waals surface area contributed by atoms with Crippen LogP contribution in [0.5, 0.6) is 0 Å². The average molecular weight is 424 g/mol. The zero-order valence-corrected chi connectivity index (χ0v) is 18.2. The summed E-state index contributed by atoms with van der Waals surface area (Å²) in [5.41, 5.74) is 2.23. The predicted molar refractivity (Wildman–Crippen MR) is 117 cm³/mol. The Kier molecular flexibility index (Phi) is 6.95. The van der Waals surface area contributed by atoms with Gasteiger partial charge >= 0.3 is 6.09 Å². The lowest BCUT2D eigenvalue weighted by Crippen LogP contribution is -2.51. The second kappa shape index (κ2) is 9.64. The molecule has 0 fully saturated rings. The zero-order chi connectivity index (χ0) is 22.4. The minimum absolute atomic E-state index is 0.0908. The van der Waals surface area contributed by atoms with E-state index in [2.05, 4.69) is 10.6 Å². The van der Waals surface area contributed by atoms with Crippen molar-refractivity contribution in [3.8, 4) is 0 Å². The van der Waals surface area contributed by atoms with E-state index in [0.29, 0.717) is 19.5 Å². The lowest BCUT2D eigenvalue weighted by Gasteiger charge is -2.26. The molecule has 164 valence electrons. The van der Waals surface area contributed by atoms with Gasteiger partial charge in [-0.15, -0.1) is 0 Å². The smallest absolute Gasteiger partial charge is 0.408 e. The quantitative estimate of drug-likeness (QED) is 0.774. The third-order valence-electron chi connectivity index (χ3n) is 4.87. The molecule has 2 aromatic carbocycles. The Bertz CT molecular complexity index is 937. The van der Waals surface area contributed by atoms with Gasteiger partial charge in [-0.05, 0) is 37.5 Å². The van der Waals surface area contributed by atoms with Crippen molar-refractivity contribution in [2.24, 2.45) is 0 Å². The van der Waals surface area contributed by atoms with E-state index < -0.39 is 17.7 Å². The normalized spacial score (nSPS) is 16.2. The van der Waals surface area contributed by atoms with Crippen LogP contribution in [0, 0.1) is 0 Å². The molecule has 0 radical (unpaired) electrons. The zero-order valence-electron chi connectivity index (χ0n) is 18.2. The molecule has 3 rings (SSSR count). The van der Waals surface area contributed by atoms with Gasteiger partial charge in [-0.1, -0.05) is 54.6 Å². The van der Waals surface area contributed by atoms with Gasteiger partial charge in [0.05, 0.1) is 6.54 Å². The van der Waals surface area contributed by atoms with Gasteiger partial charge in [0.1, 0.15) is 11.6 Å². The maximum absolute atomic E-state index is 13.2. The lowest BCUT2D eigenvalue weighted by atomic mass is 10.0. The summed E-state index contributed by atoms with van der Waals surface area (Å²) in [5, 5.41) is 5.54. The van der Waals surface area contributed by atoms with Gasteiger partial charge in [0.2, 0.25) is 11.8 Å². The predicted octanol–water partition coefficient (Wildman–Crippen LogP) is 2.78. The first kappa shape index (κ1) is 22.3. The van der Waals surface area contributed by atoms with E-state index in [1.165, 1.54) is 4.90 Å². The summed E-state index contributed by atoms with van der Waals surface area (Å²) in [6, 6.07) is 16.4. The third kappa shape index (κ3) is 6.57. The molecule has 3 amide bonds. The molecular formula is C24H29N3O4.